The van der Waals surface area contributed by atoms with Gasteiger partial charge in [-0.05, 0) is 25.1 Å². The lowest BCUT2D eigenvalue weighted by Gasteiger charge is -2.06. The average Bonchev–Trinajstić information content (AvgIpc) is 2.37. The fourth-order valence-electron chi connectivity index (χ4n) is 1.84. The van der Waals surface area contributed by atoms with E-state index in [0.29, 0.717) is 0 Å². The number of ketones is 2. The van der Waals surface area contributed by atoms with Crippen LogP contribution in [0.2, 0.25) is 0 Å². The van der Waals surface area contributed by atoms with Gasteiger partial charge >= 0.3 is 5.63 Å². The molecule has 0 fully saturated rings. The first-order valence-corrected chi connectivity index (χ1v) is 5.79. The normalized spacial score (nSPS) is 10.6. The van der Waals surface area contributed by atoms with Crippen molar-refractivity contribution < 1.29 is 19.1 Å². The lowest BCUT2D eigenvalue weighted by molar-refractivity contribution is 0.0983. The van der Waals surface area contributed by atoms with Crippen LogP contribution in [0.3, 0.4) is 0 Å². The summed E-state index contributed by atoms with van der Waals surface area (Å²) in [6.07, 6.45) is 0.245. The summed E-state index contributed by atoms with van der Waals surface area (Å²) in [7, 11) is 0. The van der Waals surface area contributed by atoms with Crippen LogP contribution < -0.4 is 5.63 Å². The zero-order valence-electron chi connectivity index (χ0n) is 10.5. The predicted molar refractivity (Wildman–Crippen MR) is 68.8 cm³/mol. The summed E-state index contributed by atoms with van der Waals surface area (Å²) in [5.74, 6) is -0.951. The molecule has 0 aliphatic rings. The SMILES string of the molecule is CCC(=O)c1ccc2oc(=O)c(C(C)=O)cc2c1O. The maximum absolute atomic E-state index is 11.6. The van der Waals surface area contributed by atoms with E-state index in [9.17, 15) is 19.5 Å². The first-order valence-electron chi connectivity index (χ1n) is 5.79. The van der Waals surface area contributed by atoms with Crippen LogP contribution in [0, 0.1) is 0 Å². The molecular formula is C14H12O5. The molecule has 0 unspecified atom stereocenters. The van der Waals surface area contributed by atoms with Crippen LogP contribution in [0.15, 0.2) is 27.4 Å². The molecule has 1 aromatic heterocycles. The van der Waals surface area contributed by atoms with E-state index in [-0.39, 0.29) is 40.0 Å². The van der Waals surface area contributed by atoms with Gasteiger partial charge in [0.25, 0.3) is 0 Å². The van der Waals surface area contributed by atoms with Gasteiger partial charge in [0, 0.05) is 6.42 Å². The molecule has 98 valence electrons. The number of hydrogen-bond donors (Lipinski definition) is 1. The number of phenolic OH excluding ortho intramolecular Hbond substituents is 1. The van der Waals surface area contributed by atoms with E-state index in [4.69, 9.17) is 4.42 Å². The Balaban J connectivity index is 2.81. The van der Waals surface area contributed by atoms with E-state index in [1.165, 1.54) is 25.1 Å². The standard InChI is InChI=1S/C14H12O5/c1-3-11(16)8-4-5-12-10(13(8)17)6-9(7(2)15)14(18)19-12/h4-6,17H,3H2,1-2H3. The highest BCUT2D eigenvalue weighted by Crippen LogP contribution is 2.29. The molecule has 5 nitrogen and oxygen atoms in total. The van der Waals surface area contributed by atoms with Crippen molar-refractivity contribution in [3.63, 3.8) is 0 Å². The second kappa shape index (κ2) is 4.68. The molecule has 0 saturated carbocycles. The lowest BCUT2D eigenvalue weighted by atomic mass is 10.0. The summed E-state index contributed by atoms with van der Waals surface area (Å²) >= 11 is 0. The minimum absolute atomic E-state index is 0.139. The van der Waals surface area contributed by atoms with Crippen LogP contribution in [0.4, 0.5) is 0 Å². The largest absolute Gasteiger partial charge is 0.506 e. The number of Topliss-reactive ketones (excluding diaryl/α,β-unsaturated/α-hetero) is 2. The molecule has 5 heteroatoms. The van der Waals surface area contributed by atoms with Crippen LogP contribution in [0.25, 0.3) is 11.0 Å². The summed E-state index contributed by atoms with van der Waals surface area (Å²) in [6.45, 7) is 2.91. The number of carbonyl (C=O) groups excluding carboxylic acids is 2. The Hall–Kier alpha value is -2.43. The van der Waals surface area contributed by atoms with Gasteiger partial charge in [0.1, 0.15) is 16.9 Å². The fourth-order valence-corrected chi connectivity index (χ4v) is 1.84. The van der Waals surface area contributed by atoms with Crippen molar-refractivity contribution in [2.75, 3.05) is 0 Å². The van der Waals surface area contributed by atoms with Crippen LogP contribution >= 0.6 is 0 Å². The van der Waals surface area contributed by atoms with Crippen molar-refractivity contribution in [2.24, 2.45) is 0 Å². The Labute approximate surface area is 108 Å². The van der Waals surface area contributed by atoms with Crippen LogP contribution in [0.1, 0.15) is 41.0 Å². The van der Waals surface area contributed by atoms with Gasteiger partial charge in [-0.1, -0.05) is 6.92 Å². The molecule has 0 amide bonds. The highest BCUT2D eigenvalue weighted by molar-refractivity contribution is 6.05. The minimum atomic E-state index is -0.756. The van der Waals surface area contributed by atoms with E-state index >= 15 is 0 Å². The highest BCUT2D eigenvalue weighted by atomic mass is 16.4. The number of phenols is 1. The Morgan fingerprint density at radius 1 is 1.26 bits per heavy atom. The Morgan fingerprint density at radius 2 is 1.95 bits per heavy atom. The molecule has 0 radical (unpaired) electrons. The van der Waals surface area contributed by atoms with E-state index in [2.05, 4.69) is 0 Å². The quantitative estimate of drug-likeness (QED) is 0.676. The Morgan fingerprint density at radius 3 is 2.53 bits per heavy atom. The maximum atomic E-state index is 11.6. The van der Waals surface area contributed by atoms with Crippen molar-refractivity contribution in [1.29, 1.82) is 0 Å². The molecule has 1 aromatic carbocycles. The molecule has 0 atom stereocenters. The van der Waals surface area contributed by atoms with Gasteiger partial charge in [0.2, 0.25) is 0 Å². The molecule has 0 spiro atoms. The van der Waals surface area contributed by atoms with Gasteiger partial charge in [0.05, 0.1) is 10.9 Å². The van der Waals surface area contributed by atoms with Crippen molar-refractivity contribution in [1.82, 2.24) is 0 Å². The molecule has 19 heavy (non-hydrogen) atoms. The smallest absolute Gasteiger partial charge is 0.347 e. The van der Waals surface area contributed by atoms with Crippen molar-refractivity contribution in [3.8, 4) is 5.75 Å². The van der Waals surface area contributed by atoms with Crippen molar-refractivity contribution in [2.45, 2.75) is 20.3 Å². The van der Waals surface area contributed by atoms with E-state index in [1.807, 2.05) is 0 Å². The summed E-state index contributed by atoms with van der Waals surface area (Å²) in [5, 5.41) is 10.2. The molecule has 0 saturated heterocycles. The summed E-state index contributed by atoms with van der Waals surface area (Å²) < 4.78 is 4.96. The topological polar surface area (TPSA) is 84.6 Å². The zero-order valence-corrected chi connectivity index (χ0v) is 10.5. The van der Waals surface area contributed by atoms with Crippen LogP contribution in [0.5, 0.6) is 5.75 Å². The maximum Gasteiger partial charge on any atom is 0.347 e. The summed E-state index contributed by atoms with van der Waals surface area (Å²) in [5.41, 5.74) is -0.614. The Kier molecular flexibility index (Phi) is 3.21. The summed E-state index contributed by atoms with van der Waals surface area (Å²) in [6, 6.07) is 4.09. The molecule has 2 rings (SSSR count). The number of hydrogen-bond acceptors (Lipinski definition) is 5. The monoisotopic (exact) mass is 260 g/mol. The predicted octanol–water partition coefficient (Wildman–Crippen LogP) is 2.29. The second-order valence-electron chi connectivity index (χ2n) is 4.15. The molecular weight excluding hydrogens is 248 g/mol. The van der Waals surface area contributed by atoms with E-state index in [1.54, 1.807) is 6.92 Å². The fraction of sp³-hybridized carbons (Fsp3) is 0.214. The number of benzene rings is 1. The van der Waals surface area contributed by atoms with Gasteiger partial charge in [-0.3, -0.25) is 9.59 Å². The average molecular weight is 260 g/mol. The second-order valence-corrected chi connectivity index (χ2v) is 4.15. The first-order chi connectivity index (χ1) is 8.95. The van der Waals surface area contributed by atoms with Gasteiger partial charge in [-0.15, -0.1) is 0 Å². The van der Waals surface area contributed by atoms with Gasteiger partial charge in [0.15, 0.2) is 11.6 Å². The third kappa shape index (κ3) is 2.14. The van der Waals surface area contributed by atoms with Gasteiger partial charge in [-0.2, -0.15) is 0 Å². The minimum Gasteiger partial charge on any atom is -0.506 e. The molecule has 0 bridgehead atoms. The van der Waals surface area contributed by atoms with E-state index < -0.39 is 11.4 Å². The van der Waals surface area contributed by atoms with E-state index in [0.717, 1.165) is 0 Å². The highest BCUT2D eigenvalue weighted by Gasteiger charge is 2.16. The molecule has 0 aliphatic heterocycles. The molecule has 0 aliphatic carbocycles. The number of aromatic hydroxyl groups is 1. The van der Waals surface area contributed by atoms with Crippen LogP contribution in [-0.2, 0) is 0 Å². The number of carbonyl (C=O) groups is 2. The first kappa shape index (κ1) is 13.0. The van der Waals surface area contributed by atoms with Crippen LogP contribution in [-0.4, -0.2) is 16.7 Å². The molecule has 2 aromatic rings. The van der Waals surface area contributed by atoms with Gasteiger partial charge < -0.3 is 9.52 Å². The molecule has 1 N–H and O–H groups in total. The third-order valence-electron chi connectivity index (χ3n) is 2.89. The lowest BCUT2D eigenvalue weighted by Crippen LogP contribution is -2.11. The zero-order chi connectivity index (χ0) is 14.2. The Bertz CT molecular complexity index is 739. The number of fused-ring (bicyclic) bond motifs is 1. The number of rotatable bonds is 3. The van der Waals surface area contributed by atoms with Crippen molar-refractivity contribution >= 4 is 22.5 Å². The van der Waals surface area contributed by atoms with Gasteiger partial charge in [-0.25, -0.2) is 4.79 Å². The van der Waals surface area contributed by atoms with Crippen molar-refractivity contribution in [3.05, 3.63) is 39.7 Å². The molecule has 1 heterocycles. The third-order valence-corrected chi connectivity index (χ3v) is 2.89. The summed E-state index contributed by atoms with van der Waals surface area (Å²) in [4.78, 5) is 34.5.